The van der Waals surface area contributed by atoms with Crippen LogP contribution in [0.15, 0.2) is 82.2 Å². The fraction of sp³-hybridized carbons (Fsp3) is 0.231. The van der Waals surface area contributed by atoms with Gasteiger partial charge in [-0.05, 0) is 66.3 Å². The highest BCUT2D eigenvalue weighted by Gasteiger charge is 2.07. The summed E-state index contributed by atoms with van der Waals surface area (Å²) in [5.74, 6) is 1.26. The van der Waals surface area contributed by atoms with Gasteiger partial charge in [0.1, 0.15) is 0 Å². The van der Waals surface area contributed by atoms with E-state index in [1.54, 1.807) is 11.8 Å². The average Bonchev–Trinajstić information content (AvgIpc) is 3.24. The Morgan fingerprint density at radius 1 is 0.800 bits per heavy atom. The summed E-state index contributed by atoms with van der Waals surface area (Å²) >= 11 is 1.80. The predicted molar refractivity (Wildman–Crippen MR) is 125 cm³/mol. The summed E-state index contributed by atoms with van der Waals surface area (Å²) in [6.07, 6.45) is 6.63. The van der Waals surface area contributed by atoms with Gasteiger partial charge < -0.3 is 4.52 Å². The maximum Gasteiger partial charge on any atom is 0.223 e. The molecule has 4 aromatic rings. The standard InChI is InChI=1S/C26H26N2OS/c1-19-27-26(28-29-19)23-11-7-10-21(18-23)9-4-3-8-20-14-16-22(17-15-20)24-12-5-6-13-25(24)30-2/h5-7,10-18H,3-4,8-9H2,1-2H3. The number of nitrogens with zero attached hydrogens (tertiary/aromatic N) is 2. The van der Waals surface area contributed by atoms with Gasteiger partial charge in [0.25, 0.3) is 0 Å². The maximum absolute atomic E-state index is 5.09. The Labute approximate surface area is 182 Å². The topological polar surface area (TPSA) is 38.9 Å². The molecule has 0 amide bonds. The Kier molecular flexibility index (Phi) is 6.65. The third kappa shape index (κ3) is 5.00. The van der Waals surface area contributed by atoms with Crippen LogP contribution in [0.25, 0.3) is 22.5 Å². The lowest BCUT2D eigenvalue weighted by molar-refractivity contribution is 0.394. The maximum atomic E-state index is 5.09. The Balaban J connectivity index is 1.31. The Morgan fingerprint density at radius 3 is 2.30 bits per heavy atom. The number of benzene rings is 3. The van der Waals surface area contributed by atoms with Gasteiger partial charge in [-0.25, -0.2) is 0 Å². The van der Waals surface area contributed by atoms with E-state index < -0.39 is 0 Å². The molecule has 0 aliphatic rings. The van der Waals surface area contributed by atoms with Crippen LogP contribution in [0, 0.1) is 6.92 Å². The van der Waals surface area contributed by atoms with E-state index >= 15 is 0 Å². The van der Waals surface area contributed by atoms with E-state index in [0.29, 0.717) is 11.7 Å². The van der Waals surface area contributed by atoms with Gasteiger partial charge in [0, 0.05) is 17.4 Å². The van der Waals surface area contributed by atoms with Crippen LogP contribution in [0.3, 0.4) is 0 Å². The second-order valence-electron chi connectivity index (χ2n) is 7.44. The zero-order valence-corrected chi connectivity index (χ0v) is 18.3. The fourth-order valence-corrected chi connectivity index (χ4v) is 4.30. The molecule has 0 atom stereocenters. The van der Waals surface area contributed by atoms with E-state index in [9.17, 15) is 0 Å². The normalized spacial score (nSPS) is 11.0. The largest absolute Gasteiger partial charge is 0.339 e. The quantitative estimate of drug-likeness (QED) is 0.230. The SMILES string of the molecule is CSc1ccccc1-c1ccc(CCCCc2cccc(-c3noc(C)n3)c2)cc1. The van der Waals surface area contributed by atoms with Crippen molar-refractivity contribution in [3.8, 4) is 22.5 Å². The van der Waals surface area contributed by atoms with Crippen LogP contribution < -0.4 is 0 Å². The number of aromatic nitrogens is 2. The minimum absolute atomic E-state index is 0.596. The van der Waals surface area contributed by atoms with Crippen molar-refractivity contribution in [2.45, 2.75) is 37.5 Å². The molecular formula is C26H26N2OS. The molecule has 30 heavy (non-hydrogen) atoms. The lowest BCUT2D eigenvalue weighted by Gasteiger charge is -2.09. The van der Waals surface area contributed by atoms with Crippen LogP contribution in [-0.4, -0.2) is 16.4 Å². The number of unbranched alkanes of at least 4 members (excludes halogenated alkanes) is 1. The van der Waals surface area contributed by atoms with Gasteiger partial charge in [-0.1, -0.05) is 65.8 Å². The first-order chi connectivity index (χ1) is 14.7. The minimum atomic E-state index is 0.596. The lowest BCUT2D eigenvalue weighted by atomic mass is 10.00. The number of hydrogen-bond acceptors (Lipinski definition) is 4. The van der Waals surface area contributed by atoms with E-state index in [0.717, 1.165) is 24.8 Å². The summed E-state index contributed by atoms with van der Waals surface area (Å²) in [6, 6.07) is 26.1. The Bertz CT molecular complexity index is 1100. The zero-order valence-electron chi connectivity index (χ0n) is 17.5. The number of hydrogen-bond donors (Lipinski definition) is 0. The first-order valence-corrected chi connectivity index (χ1v) is 11.6. The molecule has 0 saturated heterocycles. The molecule has 1 heterocycles. The van der Waals surface area contributed by atoms with Crippen molar-refractivity contribution in [2.75, 3.05) is 6.26 Å². The summed E-state index contributed by atoms with van der Waals surface area (Å²) < 4.78 is 5.09. The predicted octanol–water partition coefficient (Wildman–Crippen LogP) is 7.00. The van der Waals surface area contributed by atoms with Gasteiger partial charge in [-0.15, -0.1) is 11.8 Å². The molecule has 0 N–H and O–H groups in total. The second-order valence-corrected chi connectivity index (χ2v) is 8.29. The van der Waals surface area contributed by atoms with Gasteiger partial charge in [-0.3, -0.25) is 0 Å². The third-order valence-corrected chi connectivity index (χ3v) is 6.06. The van der Waals surface area contributed by atoms with Crippen LogP contribution in [0.2, 0.25) is 0 Å². The van der Waals surface area contributed by atoms with E-state index in [4.69, 9.17) is 4.52 Å². The molecule has 4 heteroatoms. The lowest BCUT2D eigenvalue weighted by Crippen LogP contribution is -1.91. The smallest absolute Gasteiger partial charge is 0.223 e. The molecule has 0 radical (unpaired) electrons. The number of rotatable bonds is 8. The molecule has 0 spiro atoms. The first kappa shape index (κ1) is 20.4. The Morgan fingerprint density at radius 2 is 1.57 bits per heavy atom. The Hall–Kier alpha value is -2.85. The first-order valence-electron chi connectivity index (χ1n) is 10.3. The van der Waals surface area contributed by atoms with E-state index in [2.05, 4.69) is 83.1 Å². The van der Waals surface area contributed by atoms with Crippen molar-refractivity contribution in [2.24, 2.45) is 0 Å². The summed E-state index contributed by atoms with van der Waals surface area (Å²) in [4.78, 5) is 5.64. The fourth-order valence-electron chi connectivity index (χ4n) is 3.67. The molecule has 3 aromatic carbocycles. The van der Waals surface area contributed by atoms with E-state index in [1.165, 1.54) is 33.6 Å². The second kappa shape index (κ2) is 9.77. The monoisotopic (exact) mass is 414 g/mol. The molecule has 0 aliphatic heterocycles. The number of thioether (sulfide) groups is 1. The van der Waals surface area contributed by atoms with E-state index in [-0.39, 0.29) is 0 Å². The van der Waals surface area contributed by atoms with E-state index in [1.807, 2.05) is 13.0 Å². The van der Waals surface area contributed by atoms with Crippen molar-refractivity contribution in [1.82, 2.24) is 10.1 Å². The van der Waals surface area contributed by atoms with Crippen LogP contribution in [0.4, 0.5) is 0 Å². The highest BCUT2D eigenvalue weighted by molar-refractivity contribution is 7.98. The van der Waals surface area contributed by atoms with Crippen LogP contribution in [0.1, 0.15) is 29.9 Å². The molecule has 1 aromatic heterocycles. The minimum Gasteiger partial charge on any atom is -0.339 e. The molecule has 3 nitrogen and oxygen atoms in total. The van der Waals surface area contributed by atoms with Crippen molar-refractivity contribution >= 4 is 11.8 Å². The van der Waals surface area contributed by atoms with Gasteiger partial charge in [-0.2, -0.15) is 4.98 Å². The molecule has 0 unspecified atom stereocenters. The van der Waals surface area contributed by atoms with Gasteiger partial charge in [0.15, 0.2) is 0 Å². The highest BCUT2D eigenvalue weighted by Crippen LogP contribution is 2.30. The van der Waals surface area contributed by atoms with Crippen LogP contribution in [-0.2, 0) is 12.8 Å². The average molecular weight is 415 g/mol. The third-order valence-electron chi connectivity index (χ3n) is 5.27. The molecule has 0 saturated carbocycles. The molecule has 152 valence electrons. The molecule has 0 bridgehead atoms. The van der Waals surface area contributed by atoms with Crippen LogP contribution in [0.5, 0.6) is 0 Å². The van der Waals surface area contributed by atoms with Gasteiger partial charge in [0.05, 0.1) is 0 Å². The highest BCUT2D eigenvalue weighted by atomic mass is 32.2. The summed E-state index contributed by atoms with van der Waals surface area (Å²) in [6.45, 7) is 1.81. The van der Waals surface area contributed by atoms with Crippen LogP contribution >= 0.6 is 11.8 Å². The summed E-state index contributed by atoms with van der Waals surface area (Å²) in [5.41, 5.74) is 6.34. The van der Waals surface area contributed by atoms with Crippen molar-refractivity contribution < 1.29 is 4.52 Å². The summed E-state index contributed by atoms with van der Waals surface area (Å²) in [7, 11) is 0. The van der Waals surface area contributed by atoms with Gasteiger partial charge in [0.2, 0.25) is 11.7 Å². The molecular weight excluding hydrogens is 388 g/mol. The number of aryl methyl sites for hydroxylation is 3. The summed E-state index contributed by atoms with van der Waals surface area (Å²) in [5, 5.41) is 4.02. The molecule has 0 fully saturated rings. The van der Waals surface area contributed by atoms with Crippen molar-refractivity contribution in [3.05, 3.63) is 89.8 Å². The zero-order chi connectivity index (χ0) is 20.8. The van der Waals surface area contributed by atoms with Gasteiger partial charge >= 0.3 is 0 Å². The van der Waals surface area contributed by atoms with Crippen molar-refractivity contribution in [1.29, 1.82) is 0 Å². The molecule has 0 aliphatic carbocycles. The molecule has 4 rings (SSSR count). The van der Waals surface area contributed by atoms with Crippen molar-refractivity contribution in [3.63, 3.8) is 0 Å².